The molecule has 0 atom stereocenters. The van der Waals surface area contributed by atoms with Crippen molar-refractivity contribution in [3.05, 3.63) is 114 Å². The van der Waals surface area contributed by atoms with Crippen molar-refractivity contribution in [2.24, 2.45) is 0 Å². The average molecular weight is 447 g/mol. The normalized spacial score (nSPS) is 10.9. The minimum Gasteiger partial charge on any atom is -1.00 e. The number of pyridine rings is 1. The van der Waals surface area contributed by atoms with Gasteiger partial charge >= 0.3 is 0 Å². The second-order valence-electron chi connectivity index (χ2n) is 7.13. The van der Waals surface area contributed by atoms with Crippen LogP contribution in [0, 0.1) is 5.82 Å². The van der Waals surface area contributed by atoms with Crippen molar-refractivity contribution >= 4 is 21.8 Å². The van der Waals surface area contributed by atoms with Crippen molar-refractivity contribution in [2.75, 3.05) is 0 Å². The van der Waals surface area contributed by atoms with Gasteiger partial charge in [-0.05, 0) is 42.5 Å². The van der Waals surface area contributed by atoms with Crippen LogP contribution in [0.3, 0.4) is 0 Å². The molecule has 0 saturated carbocycles. The first kappa shape index (κ1) is 19.3. The predicted molar refractivity (Wildman–Crippen MR) is 111 cm³/mol. The molecule has 0 radical (unpaired) electrons. The molecule has 0 unspecified atom stereocenters. The lowest BCUT2D eigenvalue weighted by Crippen LogP contribution is -3.00. The molecule has 29 heavy (non-hydrogen) atoms. The smallest absolute Gasteiger partial charge is 0.174 e. The molecule has 144 valence electrons. The Bertz CT molecular complexity index is 1220. The van der Waals surface area contributed by atoms with Gasteiger partial charge in [0.25, 0.3) is 0 Å². The zero-order chi connectivity index (χ0) is 18.9. The number of nitrogens with zero attached hydrogens (tertiary/aromatic N) is 2. The second-order valence-corrected chi connectivity index (χ2v) is 7.13. The summed E-state index contributed by atoms with van der Waals surface area (Å²) in [6, 6.07) is 28.1. The summed E-state index contributed by atoms with van der Waals surface area (Å²) in [5, 5.41) is 2.57. The Morgan fingerprint density at radius 1 is 0.690 bits per heavy atom. The summed E-state index contributed by atoms with van der Waals surface area (Å²) < 4.78 is 17.7. The fraction of sp³-hybridized carbons (Fsp3) is 0.0800. The van der Waals surface area contributed by atoms with Crippen LogP contribution < -0.4 is 21.5 Å². The molecule has 2 aromatic heterocycles. The minimum atomic E-state index is -0.200. The van der Waals surface area contributed by atoms with Crippen molar-refractivity contribution in [3.63, 3.8) is 0 Å². The van der Waals surface area contributed by atoms with E-state index in [0.29, 0.717) is 0 Å². The van der Waals surface area contributed by atoms with E-state index in [2.05, 4.69) is 82.2 Å². The summed E-state index contributed by atoms with van der Waals surface area (Å²) in [5.74, 6) is -0.200. The number of halogens is 2. The maximum Gasteiger partial charge on any atom is 0.174 e. The monoisotopic (exact) mass is 446 g/mol. The topological polar surface area (TPSA) is 8.81 Å². The minimum absolute atomic E-state index is 0. The molecule has 0 aliphatic carbocycles. The largest absolute Gasteiger partial charge is 1.00 e. The van der Waals surface area contributed by atoms with Gasteiger partial charge in [-0.1, -0.05) is 36.4 Å². The van der Waals surface area contributed by atoms with Gasteiger partial charge in [-0.2, -0.15) is 0 Å². The van der Waals surface area contributed by atoms with Crippen molar-refractivity contribution in [2.45, 2.75) is 13.1 Å². The zero-order valence-electron chi connectivity index (χ0n) is 15.8. The lowest BCUT2D eigenvalue weighted by Gasteiger charge is -2.07. The van der Waals surface area contributed by atoms with Crippen LogP contribution in [-0.2, 0) is 13.1 Å². The number of hydrogen-bond donors (Lipinski definition) is 0. The standard InChI is InChI=1S/C25H20FN2.BrH/c26-21-13-11-19(12-14-21)16-27-15-5-6-20(17-27)18-28-24-9-3-1-7-22(24)23-8-2-4-10-25(23)28;/h1-15,17H,16,18H2;1H/q+1;/p-1. The molecule has 5 rings (SSSR count). The Balaban J connectivity index is 0.00000205. The summed E-state index contributed by atoms with van der Waals surface area (Å²) in [6.07, 6.45) is 4.23. The predicted octanol–water partition coefficient (Wildman–Crippen LogP) is 2.32. The van der Waals surface area contributed by atoms with Crippen LogP contribution in [0.15, 0.2) is 97.3 Å². The highest BCUT2D eigenvalue weighted by Crippen LogP contribution is 2.29. The molecule has 0 amide bonds. The van der Waals surface area contributed by atoms with Crippen molar-refractivity contribution in [3.8, 4) is 0 Å². The first-order valence-electron chi connectivity index (χ1n) is 9.46. The second kappa shape index (κ2) is 8.18. The Labute approximate surface area is 179 Å². The summed E-state index contributed by atoms with van der Waals surface area (Å²) in [6.45, 7) is 1.53. The van der Waals surface area contributed by atoms with Crippen LogP contribution in [-0.4, -0.2) is 4.57 Å². The van der Waals surface area contributed by atoms with Crippen molar-refractivity contribution < 1.29 is 25.9 Å². The van der Waals surface area contributed by atoms with Gasteiger partial charge in [0.05, 0.1) is 6.54 Å². The van der Waals surface area contributed by atoms with Gasteiger partial charge in [-0.25, -0.2) is 8.96 Å². The maximum atomic E-state index is 13.1. The highest BCUT2D eigenvalue weighted by atomic mass is 79.9. The molecular weight excluding hydrogens is 427 g/mol. The number of rotatable bonds is 4. The van der Waals surface area contributed by atoms with Crippen LogP contribution in [0.1, 0.15) is 11.1 Å². The third kappa shape index (κ3) is 3.81. The van der Waals surface area contributed by atoms with E-state index in [0.717, 1.165) is 18.7 Å². The van der Waals surface area contributed by atoms with Crippen LogP contribution in [0.5, 0.6) is 0 Å². The molecule has 4 heteroatoms. The van der Waals surface area contributed by atoms with E-state index in [1.807, 2.05) is 12.1 Å². The third-order valence-electron chi connectivity index (χ3n) is 5.22. The Morgan fingerprint density at radius 3 is 1.97 bits per heavy atom. The molecule has 0 aliphatic heterocycles. The van der Waals surface area contributed by atoms with E-state index < -0.39 is 0 Å². The average Bonchev–Trinajstić information content (AvgIpc) is 3.04. The summed E-state index contributed by atoms with van der Waals surface area (Å²) in [5.41, 5.74) is 4.81. The molecule has 0 N–H and O–H groups in total. The molecule has 0 bridgehead atoms. The van der Waals surface area contributed by atoms with Gasteiger partial charge in [-0.3, -0.25) is 0 Å². The van der Waals surface area contributed by atoms with Crippen molar-refractivity contribution in [1.82, 2.24) is 4.57 Å². The number of para-hydroxylation sites is 2. The number of fused-ring (bicyclic) bond motifs is 3. The Hall–Kier alpha value is -2.98. The van der Waals surface area contributed by atoms with E-state index in [1.54, 1.807) is 0 Å². The van der Waals surface area contributed by atoms with Gasteiger partial charge in [0.15, 0.2) is 18.9 Å². The summed E-state index contributed by atoms with van der Waals surface area (Å²) >= 11 is 0. The number of benzene rings is 3. The van der Waals surface area contributed by atoms with E-state index >= 15 is 0 Å². The van der Waals surface area contributed by atoms with E-state index in [-0.39, 0.29) is 22.8 Å². The van der Waals surface area contributed by atoms with Crippen LogP contribution in [0.4, 0.5) is 4.39 Å². The maximum absolute atomic E-state index is 13.1. The Morgan fingerprint density at radius 2 is 1.31 bits per heavy atom. The number of aromatic nitrogens is 2. The van der Waals surface area contributed by atoms with Gasteiger partial charge in [0.1, 0.15) is 5.82 Å². The first-order valence-corrected chi connectivity index (χ1v) is 9.46. The SMILES string of the molecule is Fc1ccc(C[n+]2cccc(Cn3c4ccccc4c4ccccc43)c2)cc1.[Br-]. The molecule has 3 aromatic carbocycles. The quantitative estimate of drug-likeness (QED) is 0.374. The first-order chi connectivity index (χ1) is 13.8. The molecule has 2 heterocycles. The summed E-state index contributed by atoms with van der Waals surface area (Å²) in [4.78, 5) is 0. The molecule has 0 fully saturated rings. The fourth-order valence-corrected chi connectivity index (χ4v) is 3.92. The van der Waals surface area contributed by atoms with Gasteiger partial charge in [0.2, 0.25) is 0 Å². The number of hydrogen-bond acceptors (Lipinski definition) is 0. The van der Waals surface area contributed by atoms with Crippen molar-refractivity contribution in [1.29, 1.82) is 0 Å². The molecule has 0 saturated heterocycles. The van der Waals surface area contributed by atoms with Gasteiger partial charge in [-0.15, -0.1) is 0 Å². The fourth-order valence-electron chi connectivity index (χ4n) is 3.92. The van der Waals surface area contributed by atoms with Gasteiger partial charge < -0.3 is 21.5 Å². The van der Waals surface area contributed by atoms with Crippen LogP contribution in [0.25, 0.3) is 21.8 Å². The lowest BCUT2D eigenvalue weighted by molar-refractivity contribution is -0.688. The molecule has 0 spiro atoms. The summed E-state index contributed by atoms with van der Waals surface area (Å²) in [7, 11) is 0. The molecule has 2 nitrogen and oxygen atoms in total. The highest BCUT2D eigenvalue weighted by molar-refractivity contribution is 6.08. The van der Waals surface area contributed by atoms with Crippen LogP contribution >= 0.6 is 0 Å². The zero-order valence-corrected chi connectivity index (χ0v) is 17.4. The molecule has 0 aliphatic rings. The molecular formula is C25H20BrFN2. The Kier molecular flexibility index (Phi) is 5.45. The highest BCUT2D eigenvalue weighted by Gasteiger charge is 2.12. The lowest BCUT2D eigenvalue weighted by atomic mass is 10.2. The van der Waals surface area contributed by atoms with Gasteiger partial charge in [0, 0.05) is 39.0 Å². The molecule has 5 aromatic rings. The third-order valence-corrected chi connectivity index (χ3v) is 5.22. The van der Waals surface area contributed by atoms with Crippen LogP contribution in [0.2, 0.25) is 0 Å². The van der Waals surface area contributed by atoms with E-state index in [1.165, 1.54) is 39.5 Å². The van der Waals surface area contributed by atoms with E-state index in [9.17, 15) is 4.39 Å². The van der Waals surface area contributed by atoms with E-state index in [4.69, 9.17) is 0 Å².